The van der Waals surface area contributed by atoms with E-state index in [-0.39, 0.29) is 11.9 Å². The van der Waals surface area contributed by atoms with E-state index in [4.69, 9.17) is 9.47 Å². The molecule has 0 amide bonds. The molecule has 4 heterocycles. The van der Waals surface area contributed by atoms with E-state index in [2.05, 4.69) is 29.8 Å². The molecule has 4 aromatic heterocycles. The Bertz CT molecular complexity index is 1480. The summed E-state index contributed by atoms with van der Waals surface area (Å²) < 4.78 is 12.9. The zero-order chi connectivity index (χ0) is 25.8. The molecule has 0 saturated carbocycles. The molecule has 8 heteroatoms. The number of unbranched alkanes of at least 4 members (excludes halogenated alkanes) is 5. The molecular formula is C29H28O4S4. The van der Waals surface area contributed by atoms with Gasteiger partial charge in [0.05, 0.1) is 13.7 Å². The van der Waals surface area contributed by atoms with Crippen molar-refractivity contribution in [1.29, 1.82) is 0 Å². The van der Waals surface area contributed by atoms with Gasteiger partial charge in [0.15, 0.2) is 0 Å². The summed E-state index contributed by atoms with van der Waals surface area (Å²) in [5, 5.41) is 6.55. The second-order valence-electron chi connectivity index (χ2n) is 8.80. The molecule has 0 fully saturated rings. The molecule has 0 spiro atoms. The second-order valence-corrected chi connectivity index (χ2v) is 12.8. The van der Waals surface area contributed by atoms with Gasteiger partial charge in [-0.2, -0.15) is 0 Å². The zero-order valence-corrected chi connectivity index (χ0v) is 24.1. The summed E-state index contributed by atoms with van der Waals surface area (Å²) >= 11 is 6.36. The van der Waals surface area contributed by atoms with Crippen molar-refractivity contribution in [2.75, 3.05) is 13.7 Å². The fourth-order valence-electron chi connectivity index (χ4n) is 4.52. The molecule has 0 aliphatic carbocycles. The number of ether oxygens (including phenoxy) is 2. The zero-order valence-electron chi connectivity index (χ0n) is 20.8. The minimum Gasteiger partial charge on any atom is -0.465 e. The van der Waals surface area contributed by atoms with Gasteiger partial charge >= 0.3 is 11.9 Å². The highest BCUT2D eigenvalue weighted by Gasteiger charge is 2.22. The normalized spacial score (nSPS) is 11.4. The third kappa shape index (κ3) is 5.39. The molecule has 0 N–H and O–H groups in total. The molecule has 5 aromatic rings. The third-order valence-corrected chi connectivity index (χ3v) is 10.4. The third-order valence-electron chi connectivity index (χ3n) is 6.35. The lowest BCUT2D eigenvalue weighted by atomic mass is 10.0. The number of fused-ring (bicyclic) bond motifs is 2. The van der Waals surface area contributed by atoms with Gasteiger partial charge in [-0.3, -0.25) is 0 Å². The van der Waals surface area contributed by atoms with Crippen molar-refractivity contribution < 1.29 is 19.1 Å². The molecule has 192 valence electrons. The largest absolute Gasteiger partial charge is 0.465 e. The van der Waals surface area contributed by atoms with Crippen molar-refractivity contribution >= 4 is 77.5 Å². The Morgan fingerprint density at radius 1 is 0.703 bits per heavy atom. The molecule has 0 aliphatic rings. The Hall–Kier alpha value is -2.52. The summed E-state index contributed by atoms with van der Waals surface area (Å²) in [5.74, 6) is -0.550. The maximum atomic E-state index is 12.7. The quantitative estimate of drug-likeness (QED) is 0.118. The molecule has 37 heavy (non-hydrogen) atoms. The van der Waals surface area contributed by atoms with E-state index in [9.17, 15) is 9.59 Å². The fraction of sp³-hybridized carbons (Fsp3) is 0.310. The highest BCUT2D eigenvalue weighted by Crippen LogP contribution is 2.50. The van der Waals surface area contributed by atoms with Crippen LogP contribution < -0.4 is 0 Å². The van der Waals surface area contributed by atoms with Crippen LogP contribution in [0.25, 0.3) is 41.1 Å². The standard InChI is InChI=1S/C29H28O4S4/c1-3-4-5-6-7-8-15-33-29(31)23-12-10-21(37-23)25-19-14-17-34-26(19)24(18-13-16-35-27(18)25)20-9-11-22(36-20)28(30)32-2/h9-14,16-17H,3-8,15H2,1-2H3. The Morgan fingerprint density at radius 3 is 1.81 bits per heavy atom. The predicted octanol–water partition coefficient (Wildman–Crippen LogP) is 9.88. The van der Waals surface area contributed by atoms with Crippen LogP contribution in [0.1, 0.15) is 64.8 Å². The number of methoxy groups -OCH3 is 1. The number of benzene rings is 1. The van der Waals surface area contributed by atoms with Gasteiger partial charge in [-0.1, -0.05) is 39.0 Å². The first kappa shape index (κ1) is 26.1. The highest BCUT2D eigenvalue weighted by atomic mass is 32.1. The van der Waals surface area contributed by atoms with E-state index in [1.54, 1.807) is 22.7 Å². The minimum absolute atomic E-state index is 0.237. The Labute approximate surface area is 232 Å². The monoisotopic (exact) mass is 568 g/mol. The lowest BCUT2D eigenvalue weighted by Gasteiger charge is -2.09. The van der Waals surface area contributed by atoms with Gasteiger partial charge in [0.25, 0.3) is 0 Å². The summed E-state index contributed by atoms with van der Waals surface area (Å²) in [6.07, 6.45) is 6.99. The number of rotatable bonds is 11. The van der Waals surface area contributed by atoms with Gasteiger partial charge in [0.2, 0.25) is 0 Å². The first-order chi connectivity index (χ1) is 18.1. The average Bonchev–Trinajstić information content (AvgIpc) is 3.72. The van der Waals surface area contributed by atoms with Crippen LogP contribution in [-0.2, 0) is 9.47 Å². The number of esters is 2. The van der Waals surface area contributed by atoms with Gasteiger partial charge in [0.1, 0.15) is 9.75 Å². The highest BCUT2D eigenvalue weighted by molar-refractivity contribution is 7.23. The average molecular weight is 569 g/mol. The summed E-state index contributed by atoms with van der Waals surface area (Å²) in [6.45, 7) is 2.69. The van der Waals surface area contributed by atoms with Gasteiger partial charge in [-0.15, -0.1) is 45.3 Å². The van der Waals surface area contributed by atoms with Crippen LogP contribution in [0.4, 0.5) is 0 Å². The van der Waals surface area contributed by atoms with Crippen molar-refractivity contribution in [1.82, 2.24) is 0 Å². The number of hydrogen-bond acceptors (Lipinski definition) is 8. The summed E-state index contributed by atoms with van der Waals surface area (Å²) in [4.78, 5) is 28.2. The summed E-state index contributed by atoms with van der Waals surface area (Å²) in [5.41, 5.74) is 2.31. The van der Waals surface area contributed by atoms with E-state index in [0.717, 1.165) is 44.5 Å². The first-order valence-electron chi connectivity index (χ1n) is 12.5. The lowest BCUT2D eigenvalue weighted by Crippen LogP contribution is -2.04. The van der Waals surface area contributed by atoms with Crippen molar-refractivity contribution in [3.8, 4) is 20.9 Å². The molecular weight excluding hydrogens is 541 g/mol. The molecule has 0 aliphatic heterocycles. The molecule has 5 rings (SSSR count). The minimum atomic E-state index is -0.314. The van der Waals surface area contributed by atoms with E-state index in [1.165, 1.54) is 64.9 Å². The number of thiophene rings is 4. The molecule has 0 bridgehead atoms. The number of hydrogen-bond donors (Lipinski definition) is 0. The van der Waals surface area contributed by atoms with Crippen molar-refractivity contribution in [2.45, 2.75) is 45.4 Å². The lowest BCUT2D eigenvalue weighted by molar-refractivity contribution is 0.0502. The second kappa shape index (κ2) is 11.9. The Kier molecular flexibility index (Phi) is 8.39. The molecule has 0 radical (unpaired) electrons. The summed E-state index contributed by atoms with van der Waals surface area (Å²) in [6, 6.07) is 12.1. The van der Waals surface area contributed by atoms with Crippen LogP contribution in [0.5, 0.6) is 0 Å². The first-order valence-corrected chi connectivity index (χ1v) is 15.9. The van der Waals surface area contributed by atoms with Crippen molar-refractivity contribution in [3.05, 3.63) is 56.9 Å². The fourth-order valence-corrected chi connectivity index (χ4v) is 8.55. The number of carbonyl (C=O) groups is 2. The smallest absolute Gasteiger partial charge is 0.348 e. The SMILES string of the molecule is CCCCCCCCOC(=O)c1ccc(-c2c3ccsc3c(-c3ccc(C(=O)OC)s3)c3ccsc23)s1. The van der Waals surface area contributed by atoms with E-state index in [1.807, 2.05) is 24.3 Å². The van der Waals surface area contributed by atoms with Gasteiger partial charge in [-0.25, -0.2) is 9.59 Å². The topological polar surface area (TPSA) is 52.6 Å². The maximum Gasteiger partial charge on any atom is 0.348 e. The molecule has 0 atom stereocenters. The number of carbonyl (C=O) groups excluding carboxylic acids is 2. The molecule has 0 saturated heterocycles. The van der Waals surface area contributed by atoms with E-state index in [0.29, 0.717) is 16.4 Å². The predicted molar refractivity (Wildman–Crippen MR) is 159 cm³/mol. The van der Waals surface area contributed by atoms with Gasteiger partial charge in [0, 0.05) is 41.1 Å². The van der Waals surface area contributed by atoms with E-state index >= 15 is 0 Å². The van der Waals surface area contributed by atoms with Crippen LogP contribution in [0.2, 0.25) is 0 Å². The van der Waals surface area contributed by atoms with Crippen LogP contribution in [0, 0.1) is 0 Å². The maximum absolute atomic E-state index is 12.7. The Balaban J connectivity index is 1.42. The van der Waals surface area contributed by atoms with Gasteiger partial charge in [-0.05, 0) is 53.6 Å². The molecule has 0 unspecified atom stereocenters. The van der Waals surface area contributed by atoms with E-state index < -0.39 is 0 Å². The van der Waals surface area contributed by atoms with Crippen LogP contribution in [0.3, 0.4) is 0 Å². The van der Waals surface area contributed by atoms with Crippen LogP contribution in [0.15, 0.2) is 47.2 Å². The molecule has 1 aromatic carbocycles. The summed E-state index contributed by atoms with van der Waals surface area (Å²) in [7, 11) is 1.41. The van der Waals surface area contributed by atoms with Crippen molar-refractivity contribution in [2.24, 2.45) is 0 Å². The van der Waals surface area contributed by atoms with Crippen molar-refractivity contribution in [3.63, 3.8) is 0 Å². The van der Waals surface area contributed by atoms with Crippen LogP contribution >= 0.6 is 45.3 Å². The van der Waals surface area contributed by atoms with Crippen LogP contribution in [-0.4, -0.2) is 25.7 Å². The molecule has 4 nitrogen and oxygen atoms in total. The Morgan fingerprint density at radius 2 is 1.24 bits per heavy atom. The van der Waals surface area contributed by atoms with Gasteiger partial charge < -0.3 is 9.47 Å².